The minimum atomic E-state index is 0.0788. The summed E-state index contributed by atoms with van der Waals surface area (Å²) >= 11 is 1.40. The molecule has 1 N–H and O–H groups in total. The lowest BCUT2D eigenvalue weighted by Gasteiger charge is -2.38. The number of hydrogen-bond acceptors (Lipinski definition) is 4. The Hall–Kier alpha value is -1.33. The molecular formula is C16H22N2O2S. The van der Waals surface area contributed by atoms with E-state index in [1.54, 1.807) is 0 Å². The zero-order valence-corrected chi connectivity index (χ0v) is 13.4. The Morgan fingerprint density at radius 3 is 2.67 bits per heavy atom. The van der Waals surface area contributed by atoms with E-state index in [0.29, 0.717) is 23.1 Å². The number of piperazine rings is 1. The smallest absolute Gasteiger partial charge is 0.232 e. The van der Waals surface area contributed by atoms with Gasteiger partial charge in [-0.25, -0.2) is 0 Å². The Labute approximate surface area is 130 Å². The molecule has 1 heterocycles. The molecule has 0 aromatic heterocycles. The SMILES string of the molecule is CC1NCCN(C(=O)CSCC(=O)c2ccccc2)C1C. The van der Waals surface area contributed by atoms with E-state index in [1.165, 1.54) is 11.8 Å². The summed E-state index contributed by atoms with van der Waals surface area (Å²) in [5, 5.41) is 3.36. The van der Waals surface area contributed by atoms with E-state index in [2.05, 4.69) is 19.2 Å². The van der Waals surface area contributed by atoms with Crippen molar-refractivity contribution in [2.75, 3.05) is 24.6 Å². The summed E-state index contributed by atoms with van der Waals surface area (Å²) in [5.74, 6) is 0.929. The van der Waals surface area contributed by atoms with E-state index in [0.717, 1.165) is 13.1 Å². The number of Topliss-reactive ketones (excluding diaryl/α,β-unsaturated/α-hetero) is 1. The van der Waals surface area contributed by atoms with Gasteiger partial charge in [-0.3, -0.25) is 9.59 Å². The van der Waals surface area contributed by atoms with Crippen molar-refractivity contribution in [2.24, 2.45) is 0 Å². The van der Waals surface area contributed by atoms with E-state index in [9.17, 15) is 9.59 Å². The van der Waals surface area contributed by atoms with Crippen molar-refractivity contribution in [1.29, 1.82) is 0 Å². The largest absolute Gasteiger partial charge is 0.336 e. The van der Waals surface area contributed by atoms with E-state index in [1.807, 2.05) is 35.2 Å². The van der Waals surface area contributed by atoms with Crippen LogP contribution < -0.4 is 5.32 Å². The van der Waals surface area contributed by atoms with Gasteiger partial charge in [-0.15, -0.1) is 11.8 Å². The first-order valence-corrected chi connectivity index (χ1v) is 8.44. The quantitative estimate of drug-likeness (QED) is 0.843. The Morgan fingerprint density at radius 2 is 1.95 bits per heavy atom. The number of nitrogens with one attached hydrogen (secondary N) is 1. The lowest BCUT2D eigenvalue weighted by atomic mass is 10.1. The average Bonchev–Trinajstić information content (AvgIpc) is 2.50. The predicted octanol–water partition coefficient (Wildman–Crippen LogP) is 1.81. The minimum Gasteiger partial charge on any atom is -0.336 e. The van der Waals surface area contributed by atoms with Crippen LogP contribution in [0.2, 0.25) is 0 Å². The highest BCUT2D eigenvalue weighted by Gasteiger charge is 2.27. The van der Waals surface area contributed by atoms with Gasteiger partial charge < -0.3 is 10.2 Å². The van der Waals surface area contributed by atoms with Crippen LogP contribution in [0.25, 0.3) is 0 Å². The van der Waals surface area contributed by atoms with Crippen LogP contribution in [0.3, 0.4) is 0 Å². The van der Waals surface area contributed by atoms with Gasteiger partial charge in [0.2, 0.25) is 5.91 Å². The summed E-state index contributed by atoms with van der Waals surface area (Å²) in [7, 11) is 0. The van der Waals surface area contributed by atoms with Gasteiger partial charge in [-0.2, -0.15) is 0 Å². The highest BCUT2D eigenvalue weighted by atomic mass is 32.2. The van der Waals surface area contributed by atoms with Crippen LogP contribution in [0.5, 0.6) is 0 Å². The number of carbonyl (C=O) groups is 2. The van der Waals surface area contributed by atoms with Gasteiger partial charge >= 0.3 is 0 Å². The van der Waals surface area contributed by atoms with E-state index < -0.39 is 0 Å². The number of thioether (sulfide) groups is 1. The lowest BCUT2D eigenvalue weighted by molar-refractivity contribution is -0.131. The molecule has 2 atom stereocenters. The molecule has 0 bridgehead atoms. The van der Waals surface area contributed by atoms with Crippen LogP contribution >= 0.6 is 11.8 Å². The molecule has 1 saturated heterocycles. The number of rotatable bonds is 5. The Bertz CT molecular complexity index is 492. The van der Waals surface area contributed by atoms with Crippen molar-refractivity contribution in [3.05, 3.63) is 35.9 Å². The normalized spacial score (nSPS) is 22.1. The minimum absolute atomic E-state index is 0.0788. The molecule has 1 aliphatic rings. The molecule has 1 fully saturated rings. The second-order valence-electron chi connectivity index (χ2n) is 5.35. The highest BCUT2D eigenvalue weighted by Crippen LogP contribution is 2.13. The number of amides is 1. The van der Waals surface area contributed by atoms with Crippen molar-refractivity contribution >= 4 is 23.5 Å². The molecule has 0 saturated carbocycles. The van der Waals surface area contributed by atoms with Crippen LogP contribution in [-0.2, 0) is 4.79 Å². The molecule has 1 aromatic carbocycles. The fourth-order valence-corrected chi connectivity index (χ4v) is 3.22. The number of benzene rings is 1. The predicted molar refractivity (Wildman–Crippen MR) is 86.7 cm³/mol. The number of carbonyl (C=O) groups excluding carboxylic acids is 2. The first-order valence-electron chi connectivity index (χ1n) is 7.28. The maximum absolute atomic E-state index is 12.2. The van der Waals surface area contributed by atoms with Gasteiger partial charge in [-0.1, -0.05) is 30.3 Å². The second-order valence-corrected chi connectivity index (χ2v) is 6.34. The Kier molecular flexibility index (Phi) is 5.82. The molecule has 1 amide bonds. The molecule has 1 aliphatic heterocycles. The number of hydrogen-bond donors (Lipinski definition) is 1. The molecule has 0 aliphatic carbocycles. The summed E-state index contributed by atoms with van der Waals surface area (Å²) in [4.78, 5) is 26.1. The van der Waals surface area contributed by atoms with Crippen LogP contribution in [0, 0.1) is 0 Å². The van der Waals surface area contributed by atoms with Crippen LogP contribution in [0.15, 0.2) is 30.3 Å². The molecule has 4 nitrogen and oxygen atoms in total. The first kappa shape index (κ1) is 16.0. The zero-order valence-electron chi connectivity index (χ0n) is 12.5. The molecule has 2 unspecified atom stereocenters. The third-order valence-electron chi connectivity index (χ3n) is 3.91. The van der Waals surface area contributed by atoms with E-state index in [-0.39, 0.29) is 17.7 Å². The highest BCUT2D eigenvalue weighted by molar-refractivity contribution is 8.00. The van der Waals surface area contributed by atoms with Gasteiger partial charge in [0.1, 0.15) is 0 Å². The van der Waals surface area contributed by atoms with Crippen molar-refractivity contribution in [1.82, 2.24) is 10.2 Å². The molecule has 114 valence electrons. The third-order valence-corrected chi connectivity index (χ3v) is 4.83. The van der Waals surface area contributed by atoms with Crippen molar-refractivity contribution in [3.63, 3.8) is 0 Å². The summed E-state index contributed by atoms with van der Waals surface area (Å²) in [6, 6.07) is 9.74. The summed E-state index contributed by atoms with van der Waals surface area (Å²) < 4.78 is 0. The Morgan fingerprint density at radius 1 is 1.24 bits per heavy atom. The first-order chi connectivity index (χ1) is 10.1. The average molecular weight is 306 g/mol. The van der Waals surface area contributed by atoms with E-state index >= 15 is 0 Å². The standard InChI is InChI=1S/C16H22N2O2S/c1-12-13(2)18(9-8-17-12)16(20)11-21-10-15(19)14-6-4-3-5-7-14/h3-7,12-13,17H,8-11H2,1-2H3. The maximum atomic E-state index is 12.2. The lowest BCUT2D eigenvalue weighted by Crippen LogP contribution is -2.57. The molecule has 5 heteroatoms. The maximum Gasteiger partial charge on any atom is 0.232 e. The zero-order chi connectivity index (χ0) is 15.2. The molecular weight excluding hydrogens is 284 g/mol. The molecule has 1 aromatic rings. The van der Waals surface area contributed by atoms with Gasteiger partial charge in [-0.05, 0) is 13.8 Å². The molecule has 2 rings (SSSR count). The topological polar surface area (TPSA) is 49.4 Å². The van der Waals surface area contributed by atoms with Gasteiger partial charge in [0, 0.05) is 30.7 Å². The van der Waals surface area contributed by atoms with Crippen LogP contribution in [0.1, 0.15) is 24.2 Å². The summed E-state index contributed by atoms with van der Waals surface area (Å²) in [5.41, 5.74) is 0.710. The fourth-order valence-electron chi connectivity index (χ4n) is 2.43. The van der Waals surface area contributed by atoms with Gasteiger partial charge in [0.05, 0.1) is 11.5 Å². The van der Waals surface area contributed by atoms with E-state index in [4.69, 9.17) is 0 Å². The Balaban J connectivity index is 1.78. The monoisotopic (exact) mass is 306 g/mol. The van der Waals surface area contributed by atoms with Crippen LogP contribution in [-0.4, -0.2) is 53.3 Å². The molecule has 0 spiro atoms. The van der Waals surface area contributed by atoms with Crippen molar-refractivity contribution in [2.45, 2.75) is 25.9 Å². The van der Waals surface area contributed by atoms with Crippen LogP contribution in [0.4, 0.5) is 0 Å². The van der Waals surface area contributed by atoms with Crippen molar-refractivity contribution < 1.29 is 9.59 Å². The molecule has 21 heavy (non-hydrogen) atoms. The molecule has 0 radical (unpaired) electrons. The van der Waals surface area contributed by atoms with Crippen molar-refractivity contribution in [3.8, 4) is 0 Å². The van der Waals surface area contributed by atoms with Gasteiger partial charge in [0.25, 0.3) is 0 Å². The van der Waals surface area contributed by atoms with Gasteiger partial charge in [0.15, 0.2) is 5.78 Å². The third kappa shape index (κ3) is 4.32. The fraction of sp³-hybridized carbons (Fsp3) is 0.500. The summed E-state index contributed by atoms with van der Waals surface area (Å²) in [6.07, 6.45) is 0. The number of nitrogens with zero attached hydrogens (tertiary/aromatic N) is 1. The number of ketones is 1. The summed E-state index contributed by atoms with van der Waals surface area (Å²) in [6.45, 7) is 5.74. The second kappa shape index (κ2) is 7.61.